The summed E-state index contributed by atoms with van der Waals surface area (Å²) in [4.78, 5) is 23.8. The normalized spacial score (nSPS) is 16.5. The number of aliphatic imine (C=N–C) groups is 1. The highest BCUT2D eigenvalue weighted by Crippen LogP contribution is 2.22. The van der Waals surface area contributed by atoms with Gasteiger partial charge in [-0.2, -0.15) is 0 Å². The number of carbonyl (C=O) groups is 1. The monoisotopic (exact) mass is 577 g/mol. The highest BCUT2D eigenvalue weighted by Gasteiger charge is 2.22. The fraction of sp³-hybridized carbons (Fsp3) is 0.462. The SMILES string of the molecule is CCNC(=NCc1ccccc1CN1CCCC1=O)N1CCN(c2cccc(OC)c2)CC1.I. The Kier molecular flexibility index (Phi) is 9.86. The number of anilines is 1. The maximum atomic E-state index is 12.1. The standard InChI is InChI=1S/C26H35N5O2.HI/c1-3-27-26(30-16-14-29(15-17-30)23-10-6-11-24(18-23)33-2)28-19-21-8-4-5-9-22(21)20-31-13-7-12-25(31)32;/h4-6,8-11,18H,3,7,12-17,19-20H2,1-2H3,(H,27,28);1H. The van der Waals surface area contributed by atoms with Crippen LogP contribution in [0.3, 0.4) is 0 Å². The van der Waals surface area contributed by atoms with Gasteiger partial charge in [-0.1, -0.05) is 30.3 Å². The molecule has 7 nitrogen and oxygen atoms in total. The summed E-state index contributed by atoms with van der Waals surface area (Å²) in [5.41, 5.74) is 3.57. The Hall–Kier alpha value is -2.49. The Morgan fingerprint density at radius 3 is 2.47 bits per heavy atom. The van der Waals surface area contributed by atoms with E-state index in [2.05, 4.69) is 52.4 Å². The van der Waals surface area contributed by atoms with Gasteiger partial charge >= 0.3 is 0 Å². The van der Waals surface area contributed by atoms with E-state index in [0.717, 1.165) is 57.4 Å². The largest absolute Gasteiger partial charge is 0.497 e. The molecule has 34 heavy (non-hydrogen) atoms. The summed E-state index contributed by atoms with van der Waals surface area (Å²) in [6.07, 6.45) is 1.64. The molecule has 0 aliphatic carbocycles. The van der Waals surface area contributed by atoms with Crippen molar-refractivity contribution >= 4 is 41.5 Å². The lowest BCUT2D eigenvalue weighted by atomic mass is 10.1. The molecule has 4 rings (SSSR count). The van der Waals surface area contributed by atoms with E-state index in [4.69, 9.17) is 9.73 Å². The van der Waals surface area contributed by atoms with Crippen molar-refractivity contribution in [2.45, 2.75) is 32.9 Å². The quantitative estimate of drug-likeness (QED) is 0.309. The van der Waals surface area contributed by atoms with Gasteiger partial charge in [0, 0.05) is 64.0 Å². The third kappa shape index (κ3) is 6.55. The van der Waals surface area contributed by atoms with Crippen molar-refractivity contribution in [2.75, 3.05) is 51.3 Å². The van der Waals surface area contributed by atoms with E-state index in [-0.39, 0.29) is 29.9 Å². The Morgan fingerprint density at radius 2 is 1.79 bits per heavy atom. The number of amides is 1. The van der Waals surface area contributed by atoms with Gasteiger partial charge in [-0.05, 0) is 36.6 Å². The average Bonchev–Trinajstić information content (AvgIpc) is 3.27. The van der Waals surface area contributed by atoms with E-state index in [1.807, 2.05) is 23.1 Å². The lowest BCUT2D eigenvalue weighted by Gasteiger charge is -2.37. The number of likely N-dealkylation sites (tertiary alicyclic amines) is 1. The summed E-state index contributed by atoms with van der Waals surface area (Å²) in [5.74, 6) is 2.10. The molecule has 2 aromatic rings. The molecule has 1 N–H and O–H groups in total. The summed E-state index contributed by atoms with van der Waals surface area (Å²) < 4.78 is 5.38. The number of hydrogen-bond acceptors (Lipinski definition) is 4. The van der Waals surface area contributed by atoms with Gasteiger partial charge < -0.3 is 24.8 Å². The van der Waals surface area contributed by atoms with Crippen LogP contribution in [-0.4, -0.2) is 68.0 Å². The molecule has 0 spiro atoms. The average molecular weight is 578 g/mol. The third-order valence-corrected chi connectivity index (χ3v) is 6.38. The Morgan fingerprint density at radius 1 is 1.03 bits per heavy atom. The zero-order valence-electron chi connectivity index (χ0n) is 20.2. The summed E-state index contributed by atoms with van der Waals surface area (Å²) in [5, 5.41) is 3.47. The Bertz CT molecular complexity index is 975. The van der Waals surface area contributed by atoms with Crippen molar-refractivity contribution in [3.8, 4) is 5.75 Å². The molecular weight excluding hydrogens is 541 g/mol. The molecule has 1 amide bonds. The third-order valence-electron chi connectivity index (χ3n) is 6.38. The van der Waals surface area contributed by atoms with Crippen molar-refractivity contribution in [3.05, 3.63) is 59.7 Å². The minimum Gasteiger partial charge on any atom is -0.497 e. The molecule has 0 unspecified atom stereocenters. The minimum absolute atomic E-state index is 0. The molecular formula is C26H36IN5O2. The summed E-state index contributed by atoms with van der Waals surface area (Å²) >= 11 is 0. The minimum atomic E-state index is 0. The molecule has 2 heterocycles. The number of piperazine rings is 1. The first kappa shape index (κ1) is 26.1. The number of benzene rings is 2. The second kappa shape index (κ2) is 12.8. The van der Waals surface area contributed by atoms with Crippen LogP contribution in [0.4, 0.5) is 5.69 Å². The molecule has 8 heteroatoms. The zero-order chi connectivity index (χ0) is 23.0. The van der Waals surface area contributed by atoms with E-state index >= 15 is 0 Å². The van der Waals surface area contributed by atoms with Crippen LogP contribution in [-0.2, 0) is 17.9 Å². The maximum Gasteiger partial charge on any atom is 0.222 e. The first-order valence-corrected chi connectivity index (χ1v) is 11.9. The Labute approximate surface area is 220 Å². The van der Waals surface area contributed by atoms with E-state index in [9.17, 15) is 4.79 Å². The molecule has 2 aliphatic rings. The molecule has 2 aliphatic heterocycles. The fourth-order valence-electron chi connectivity index (χ4n) is 4.51. The highest BCUT2D eigenvalue weighted by atomic mass is 127. The van der Waals surface area contributed by atoms with Gasteiger partial charge in [0.25, 0.3) is 0 Å². The van der Waals surface area contributed by atoms with Gasteiger partial charge in [0.15, 0.2) is 5.96 Å². The molecule has 0 bridgehead atoms. The van der Waals surface area contributed by atoms with Gasteiger partial charge in [0.2, 0.25) is 5.91 Å². The van der Waals surface area contributed by atoms with Crippen molar-refractivity contribution in [3.63, 3.8) is 0 Å². The number of guanidine groups is 1. The van der Waals surface area contributed by atoms with Gasteiger partial charge in [0.1, 0.15) is 5.75 Å². The Balaban J connectivity index is 0.00000324. The predicted octanol–water partition coefficient (Wildman–Crippen LogP) is 3.72. The van der Waals surface area contributed by atoms with E-state index < -0.39 is 0 Å². The van der Waals surface area contributed by atoms with E-state index in [0.29, 0.717) is 19.5 Å². The number of ether oxygens (including phenoxy) is 1. The molecule has 0 atom stereocenters. The number of halogens is 1. The number of carbonyl (C=O) groups excluding carboxylic acids is 1. The van der Waals surface area contributed by atoms with Gasteiger partial charge in [-0.3, -0.25) is 4.79 Å². The van der Waals surface area contributed by atoms with Crippen LogP contribution in [0, 0.1) is 0 Å². The van der Waals surface area contributed by atoms with Crippen LogP contribution in [0.15, 0.2) is 53.5 Å². The van der Waals surface area contributed by atoms with Crippen LogP contribution < -0.4 is 15.0 Å². The summed E-state index contributed by atoms with van der Waals surface area (Å²) in [6.45, 7) is 8.78. The zero-order valence-corrected chi connectivity index (χ0v) is 22.5. The summed E-state index contributed by atoms with van der Waals surface area (Å²) in [6, 6.07) is 16.6. The molecule has 0 saturated carbocycles. The lowest BCUT2D eigenvalue weighted by molar-refractivity contribution is -0.128. The van der Waals surface area contributed by atoms with Crippen LogP contribution in [0.2, 0.25) is 0 Å². The number of nitrogens with one attached hydrogen (secondary N) is 1. The number of rotatable bonds is 7. The molecule has 2 saturated heterocycles. The first-order valence-electron chi connectivity index (χ1n) is 11.9. The number of hydrogen-bond donors (Lipinski definition) is 1. The molecule has 2 aromatic carbocycles. The molecule has 0 radical (unpaired) electrons. The number of nitrogens with zero attached hydrogens (tertiary/aromatic N) is 4. The predicted molar refractivity (Wildman–Crippen MR) is 148 cm³/mol. The van der Waals surface area contributed by atoms with E-state index in [1.165, 1.54) is 16.8 Å². The van der Waals surface area contributed by atoms with Gasteiger partial charge in [-0.25, -0.2) is 4.99 Å². The lowest BCUT2D eigenvalue weighted by Crippen LogP contribution is -2.52. The number of methoxy groups -OCH3 is 1. The smallest absolute Gasteiger partial charge is 0.222 e. The van der Waals surface area contributed by atoms with Crippen molar-refractivity contribution in [2.24, 2.45) is 4.99 Å². The second-order valence-corrected chi connectivity index (χ2v) is 8.53. The van der Waals surface area contributed by atoms with Crippen molar-refractivity contribution < 1.29 is 9.53 Å². The van der Waals surface area contributed by atoms with E-state index in [1.54, 1.807) is 7.11 Å². The maximum absolute atomic E-state index is 12.1. The molecule has 0 aromatic heterocycles. The van der Waals surface area contributed by atoms with Crippen LogP contribution in [0.5, 0.6) is 5.75 Å². The van der Waals surface area contributed by atoms with Crippen LogP contribution in [0.1, 0.15) is 30.9 Å². The first-order chi connectivity index (χ1) is 16.2. The fourth-order valence-corrected chi connectivity index (χ4v) is 4.51. The summed E-state index contributed by atoms with van der Waals surface area (Å²) in [7, 11) is 1.71. The molecule has 2 fully saturated rings. The van der Waals surface area contributed by atoms with Crippen molar-refractivity contribution in [1.82, 2.24) is 15.1 Å². The second-order valence-electron chi connectivity index (χ2n) is 8.53. The van der Waals surface area contributed by atoms with Gasteiger partial charge in [-0.15, -0.1) is 24.0 Å². The van der Waals surface area contributed by atoms with Crippen LogP contribution >= 0.6 is 24.0 Å². The van der Waals surface area contributed by atoms with Gasteiger partial charge in [0.05, 0.1) is 13.7 Å². The topological polar surface area (TPSA) is 60.4 Å². The van der Waals surface area contributed by atoms with Crippen LogP contribution in [0.25, 0.3) is 0 Å². The molecule has 184 valence electrons. The highest BCUT2D eigenvalue weighted by molar-refractivity contribution is 14.0. The van der Waals surface area contributed by atoms with Crippen molar-refractivity contribution in [1.29, 1.82) is 0 Å².